The van der Waals surface area contributed by atoms with Crippen LogP contribution in [-0.4, -0.2) is 19.8 Å². The third-order valence-electron chi connectivity index (χ3n) is 2.70. The van der Waals surface area contributed by atoms with E-state index in [1.165, 1.54) is 11.1 Å². The summed E-state index contributed by atoms with van der Waals surface area (Å²) >= 11 is 0. The highest BCUT2D eigenvalue weighted by Gasteiger charge is 2.05. The fourth-order valence-electron chi connectivity index (χ4n) is 1.59. The van der Waals surface area contributed by atoms with Gasteiger partial charge in [0, 0.05) is 19.7 Å². The van der Waals surface area contributed by atoms with Crippen LogP contribution in [-0.2, 0) is 11.3 Å². The monoisotopic (exact) mass is 207 g/mol. The third kappa shape index (κ3) is 4.02. The van der Waals surface area contributed by atoms with E-state index in [1.54, 1.807) is 7.11 Å². The normalized spacial score (nSPS) is 12.7. The number of nitrogens with one attached hydrogen (secondary N) is 1. The molecule has 1 unspecified atom stereocenters. The van der Waals surface area contributed by atoms with Gasteiger partial charge >= 0.3 is 0 Å². The van der Waals surface area contributed by atoms with Crippen LogP contribution in [0, 0.1) is 6.92 Å². The molecule has 0 saturated heterocycles. The van der Waals surface area contributed by atoms with Gasteiger partial charge in [0.2, 0.25) is 0 Å². The molecule has 1 atom stereocenters. The molecule has 1 N–H and O–H groups in total. The SMILES string of the molecule is CCC(COC)NCc1ccccc1C. The first-order valence-corrected chi connectivity index (χ1v) is 5.54. The van der Waals surface area contributed by atoms with E-state index >= 15 is 0 Å². The summed E-state index contributed by atoms with van der Waals surface area (Å²) in [4.78, 5) is 0. The van der Waals surface area contributed by atoms with Crippen LogP contribution in [0.2, 0.25) is 0 Å². The maximum atomic E-state index is 5.15. The molecule has 0 bridgehead atoms. The fraction of sp³-hybridized carbons (Fsp3) is 0.538. The molecule has 0 radical (unpaired) electrons. The van der Waals surface area contributed by atoms with Gasteiger partial charge in [0.05, 0.1) is 6.61 Å². The van der Waals surface area contributed by atoms with Gasteiger partial charge in [0.25, 0.3) is 0 Å². The van der Waals surface area contributed by atoms with Crippen molar-refractivity contribution in [3.05, 3.63) is 35.4 Å². The number of methoxy groups -OCH3 is 1. The average Bonchev–Trinajstić information content (AvgIpc) is 2.26. The minimum absolute atomic E-state index is 0.453. The van der Waals surface area contributed by atoms with Crippen molar-refractivity contribution in [1.29, 1.82) is 0 Å². The summed E-state index contributed by atoms with van der Waals surface area (Å²) in [5.41, 5.74) is 2.71. The summed E-state index contributed by atoms with van der Waals surface area (Å²) in [6.07, 6.45) is 1.10. The molecule has 84 valence electrons. The predicted molar refractivity (Wildman–Crippen MR) is 64.0 cm³/mol. The first-order chi connectivity index (χ1) is 7.27. The molecular formula is C13H21NO. The minimum Gasteiger partial charge on any atom is -0.383 e. The van der Waals surface area contributed by atoms with E-state index in [0.29, 0.717) is 6.04 Å². The lowest BCUT2D eigenvalue weighted by Gasteiger charge is -2.16. The quantitative estimate of drug-likeness (QED) is 0.774. The van der Waals surface area contributed by atoms with Crippen molar-refractivity contribution in [3.8, 4) is 0 Å². The van der Waals surface area contributed by atoms with Crippen molar-refractivity contribution in [1.82, 2.24) is 5.32 Å². The zero-order chi connectivity index (χ0) is 11.1. The van der Waals surface area contributed by atoms with E-state index in [4.69, 9.17) is 4.74 Å². The maximum Gasteiger partial charge on any atom is 0.0615 e. The highest BCUT2D eigenvalue weighted by molar-refractivity contribution is 5.25. The molecule has 15 heavy (non-hydrogen) atoms. The Labute approximate surface area is 92.6 Å². The molecule has 0 heterocycles. The Morgan fingerprint density at radius 2 is 2.07 bits per heavy atom. The minimum atomic E-state index is 0.453. The van der Waals surface area contributed by atoms with E-state index < -0.39 is 0 Å². The van der Waals surface area contributed by atoms with Gasteiger partial charge in [-0.1, -0.05) is 31.2 Å². The summed E-state index contributed by atoms with van der Waals surface area (Å²) in [6.45, 7) is 6.03. The van der Waals surface area contributed by atoms with Crippen LogP contribution >= 0.6 is 0 Å². The zero-order valence-corrected chi connectivity index (χ0v) is 9.92. The van der Waals surface area contributed by atoms with Crippen molar-refractivity contribution in [2.45, 2.75) is 32.9 Å². The molecule has 0 saturated carbocycles. The number of rotatable bonds is 6. The Kier molecular flexibility index (Phi) is 5.37. The van der Waals surface area contributed by atoms with Crippen LogP contribution < -0.4 is 5.32 Å². The lowest BCUT2D eigenvalue weighted by atomic mass is 10.1. The number of hydrogen-bond donors (Lipinski definition) is 1. The van der Waals surface area contributed by atoms with E-state index in [2.05, 4.69) is 43.4 Å². The van der Waals surface area contributed by atoms with Gasteiger partial charge in [-0.3, -0.25) is 0 Å². The third-order valence-corrected chi connectivity index (χ3v) is 2.70. The molecule has 0 aliphatic carbocycles. The standard InChI is InChI=1S/C13H21NO/c1-4-13(10-15-3)14-9-12-8-6-5-7-11(12)2/h5-8,13-14H,4,9-10H2,1-3H3. The van der Waals surface area contributed by atoms with Crippen LogP contribution in [0.5, 0.6) is 0 Å². The maximum absolute atomic E-state index is 5.15. The first-order valence-electron chi connectivity index (χ1n) is 5.54. The second-order valence-electron chi connectivity index (χ2n) is 3.87. The molecule has 0 aliphatic rings. The molecule has 0 spiro atoms. The highest BCUT2D eigenvalue weighted by Crippen LogP contribution is 2.07. The molecule has 1 aromatic carbocycles. The molecule has 2 nitrogen and oxygen atoms in total. The number of benzene rings is 1. The highest BCUT2D eigenvalue weighted by atomic mass is 16.5. The lowest BCUT2D eigenvalue weighted by Crippen LogP contribution is -2.32. The molecule has 0 aliphatic heterocycles. The molecule has 2 heteroatoms. The van der Waals surface area contributed by atoms with Crippen LogP contribution in [0.15, 0.2) is 24.3 Å². The van der Waals surface area contributed by atoms with Crippen molar-refractivity contribution in [2.75, 3.05) is 13.7 Å². The van der Waals surface area contributed by atoms with Crippen molar-refractivity contribution >= 4 is 0 Å². The lowest BCUT2D eigenvalue weighted by molar-refractivity contribution is 0.164. The van der Waals surface area contributed by atoms with E-state index in [-0.39, 0.29) is 0 Å². The van der Waals surface area contributed by atoms with Gasteiger partial charge < -0.3 is 10.1 Å². The van der Waals surface area contributed by atoms with Gasteiger partial charge in [0.15, 0.2) is 0 Å². The number of aryl methyl sites for hydroxylation is 1. The Morgan fingerprint density at radius 3 is 2.67 bits per heavy atom. The number of hydrogen-bond acceptors (Lipinski definition) is 2. The van der Waals surface area contributed by atoms with Gasteiger partial charge in [-0.05, 0) is 24.5 Å². The van der Waals surface area contributed by atoms with Gasteiger partial charge in [-0.25, -0.2) is 0 Å². The predicted octanol–water partition coefficient (Wildman–Crippen LogP) is 2.51. The summed E-state index contributed by atoms with van der Waals surface area (Å²) in [7, 11) is 1.75. The Bertz CT molecular complexity index is 286. The molecule has 0 fully saturated rings. The average molecular weight is 207 g/mol. The van der Waals surface area contributed by atoms with Gasteiger partial charge in [0.1, 0.15) is 0 Å². The summed E-state index contributed by atoms with van der Waals surface area (Å²) in [5.74, 6) is 0. The Morgan fingerprint density at radius 1 is 1.33 bits per heavy atom. The topological polar surface area (TPSA) is 21.3 Å². The summed E-state index contributed by atoms with van der Waals surface area (Å²) < 4.78 is 5.15. The smallest absolute Gasteiger partial charge is 0.0615 e. The van der Waals surface area contributed by atoms with Crippen molar-refractivity contribution < 1.29 is 4.74 Å². The Balaban J connectivity index is 2.45. The van der Waals surface area contributed by atoms with E-state index in [1.807, 2.05) is 0 Å². The van der Waals surface area contributed by atoms with Crippen molar-refractivity contribution in [3.63, 3.8) is 0 Å². The first kappa shape index (κ1) is 12.2. The van der Waals surface area contributed by atoms with Crippen LogP contribution in [0.3, 0.4) is 0 Å². The second kappa shape index (κ2) is 6.59. The number of ether oxygens (including phenoxy) is 1. The van der Waals surface area contributed by atoms with Crippen LogP contribution in [0.1, 0.15) is 24.5 Å². The molecule has 0 amide bonds. The van der Waals surface area contributed by atoms with Crippen LogP contribution in [0.4, 0.5) is 0 Å². The largest absolute Gasteiger partial charge is 0.383 e. The molecule has 1 rings (SSSR count). The van der Waals surface area contributed by atoms with E-state index in [0.717, 1.165) is 19.6 Å². The second-order valence-corrected chi connectivity index (χ2v) is 3.87. The zero-order valence-electron chi connectivity index (χ0n) is 9.92. The van der Waals surface area contributed by atoms with Gasteiger partial charge in [-0.15, -0.1) is 0 Å². The van der Waals surface area contributed by atoms with Crippen molar-refractivity contribution in [2.24, 2.45) is 0 Å². The summed E-state index contributed by atoms with van der Waals surface area (Å²) in [5, 5.41) is 3.50. The fourth-order valence-corrected chi connectivity index (χ4v) is 1.59. The molecule has 1 aromatic rings. The Hall–Kier alpha value is -0.860. The van der Waals surface area contributed by atoms with E-state index in [9.17, 15) is 0 Å². The molecular weight excluding hydrogens is 186 g/mol. The molecule has 0 aromatic heterocycles. The van der Waals surface area contributed by atoms with Gasteiger partial charge in [-0.2, -0.15) is 0 Å². The summed E-state index contributed by atoms with van der Waals surface area (Å²) in [6, 6.07) is 8.93. The van der Waals surface area contributed by atoms with Crippen LogP contribution in [0.25, 0.3) is 0 Å².